The first-order chi connectivity index (χ1) is 9.76. The largest absolute Gasteiger partial charge is 0.465 e. The second-order valence-electron chi connectivity index (χ2n) is 4.96. The summed E-state index contributed by atoms with van der Waals surface area (Å²) in [7, 11) is -0.221. The van der Waals surface area contributed by atoms with Crippen LogP contribution < -0.4 is 10.0 Å². The van der Waals surface area contributed by atoms with E-state index in [1.807, 2.05) is 0 Å². The van der Waals surface area contributed by atoms with Crippen LogP contribution in [0.4, 0.5) is 5.69 Å². The molecule has 0 atom stereocenters. The molecular weight excluding hydrogens is 292 g/mol. The SMILES string of the molecule is CNCc1c(C)oc(C)c1S(=O)(=O)Nc1cn(C)nc1C. The molecule has 2 heterocycles. The van der Waals surface area contributed by atoms with Crippen LogP contribution >= 0.6 is 0 Å². The standard InChI is InChI=1S/C13H20N4O3S/c1-8-12(7-17(5)15-8)16-21(18,19)13-10(3)20-9(2)11(13)6-14-4/h7,14,16H,6H2,1-5H3. The fraction of sp³-hybridized carbons (Fsp3) is 0.462. The number of aryl methyl sites for hydroxylation is 4. The van der Waals surface area contributed by atoms with Crippen LogP contribution in [0.1, 0.15) is 22.8 Å². The molecule has 2 N–H and O–H groups in total. The van der Waals surface area contributed by atoms with E-state index in [0.717, 1.165) is 0 Å². The van der Waals surface area contributed by atoms with Crippen LogP contribution in [0.3, 0.4) is 0 Å². The van der Waals surface area contributed by atoms with E-state index in [0.29, 0.717) is 35.0 Å². The van der Waals surface area contributed by atoms with Gasteiger partial charge in [0.15, 0.2) is 0 Å². The third kappa shape index (κ3) is 2.96. The van der Waals surface area contributed by atoms with Gasteiger partial charge in [0.2, 0.25) is 0 Å². The lowest BCUT2D eigenvalue weighted by atomic mass is 10.2. The lowest BCUT2D eigenvalue weighted by Crippen LogP contribution is -2.17. The summed E-state index contributed by atoms with van der Waals surface area (Å²) in [5.41, 5.74) is 1.73. The van der Waals surface area contributed by atoms with E-state index in [4.69, 9.17) is 4.42 Å². The maximum atomic E-state index is 12.7. The molecule has 7 nitrogen and oxygen atoms in total. The number of rotatable bonds is 5. The molecular formula is C13H20N4O3S. The van der Waals surface area contributed by atoms with E-state index in [1.54, 1.807) is 45.7 Å². The summed E-state index contributed by atoms with van der Waals surface area (Å²) in [5.74, 6) is 0.983. The predicted octanol–water partition coefficient (Wildman–Crippen LogP) is 1.46. The fourth-order valence-electron chi connectivity index (χ4n) is 2.34. The van der Waals surface area contributed by atoms with Gasteiger partial charge in [0.05, 0.1) is 11.4 Å². The molecule has 0 bridgehead atoms. The summed E-state index contributed by atoms with van der Waals surface area (Å²) in [6, 6.07) is 0. The van der Waals surface area contributed by atoms with Crippen molar-refractivity contribution in [2.24, 2.45) is 7.05 Å². The molecule has 0 saturated carbocycles. The van der Waals surface area contributed by atoms with Gasteiger partial charge in [-0.2, -0.15) is 5.10 Å². The number of anilines is 1. The maximum absolute atomic E-state index is 12.7. The van der Waals surface area contributed by atoms with Gasteiger partial charge in [0.25, 0.3) is 10.0 Å². The third-order valence-electron chi connectivity index (χ3n) is 3.21. The van der Waals surface area contributed by atoms with E-state index >= 15 is 0 Å². The summed E-state index contributed by atoms with van der Waals surface area (Å²) in [5, 5.41) is 7.09. The predicted molar refractivity (Wildman–Crippen MR) is 79.7 cm³/mol. The van der Waals surface area contributed by atoms with Gasteiger partial charge in [0, 0.05) is 25.4 Å². The smallest absolute Gasteiger partial charge is 0.265 e. The van der Waals surface area contributed by atoms with Gasteiger partial charge in [-0.15, -0.1) is 0 Å². The Hall–Kier alpha value is -1.80. The molecule has 2 aromatic rings. The summed E-state index contributed by atoms with van der Waals surface area (Å²) in [6.45, 7) is 5.58. The topological polar surface area (TPSA) is 89.2 Å². The minimum atomic E-state index is -3.72. The zero-order valence-corrected chi connectivity index (χ0v) is 13.6. The highest BCUT2D eigenvalue weighted by atomic mass is 32.2. The van der Waals surface area contributed by atoms with E-state index in [9.17, 15) is 8.42 Å². The number of furan rings is 1. The molecule has 0 saturated heterocycles. The van der Waals surface area contributed by atoms with Crippen molar-refractivity contribution in [3.63, 3.8) is 0 Å². The number of nitrogens with one attached hydrogen (secondary N) is 2. The second-order valence-corrected chi connectivity index (χ2v) is 6.58. The van der Waals surface area contributed by atoms with Gasteiger partial charge >= 0.3 is 0 Å². The zero-order valence-electron chi connectivity index (χ0n) is 12.8. The molecule has 0 aliphatic heterocycles. The normalized spacial score (nSPS) is 11.9. The van der Waals surface area contributed by atoms with Crippen molar-refractivity contribution in [2.45, 2.75) is 32.2 Å². The average Bonchev–Trinajstić information content (AvgIpc) is 2.80. The van der Waals surface area contributed by atoms with E-state index in [2.05, 4.69) is 15.1 Å². The van der Waals surface area contributed by atoms with Crippen molar-refractivity contribution in [3.8, 4) is 0 Å². The minimum absolute atomic E-state index is 0.192. The van der Waals surface area contributed by atoms with Gasteiger partial charge in [-0.3, -0.25) is 9.40 Å². The van der Waals surface area contributed by atoms with Crippen LogP contribution in [0.15, 0.2) is 15.5 Å². The van der Waals surface area contributed by atoms with Gasteiger partial charge < -0.3 is 9.73 Å². The molecule has 116 valence electrons. The lowest BCUT2D eigenvalue weighted by Gasteiger charge is -2.08. The van der Waals surface area contributed by atoms with Crippen molar-refractivity contribution >= 4 is 15.7 Å². The highest BCUT2D eigenvalue weighted by Crippen LogP contribution is 2.28. The molecule has 0 fully saturated rings. The molecule has 2 rings (SSSR count). The van der Waals surface area contributed by atoms with Crippen molar-refractivity contribution in [1.82, 2.24) is 15.1 Å². The van der Waals surface area contributed by atoms with Gasteiger partial charge in [-0.05, 0) is 27.8 Å². The lowest BCUT2D eigenvalue weighted by molar-refractivity contribution is 0.494. The summed E-state index contributed by atoms with van der Waals surface area (Å²) in [6.07, 6.45) is 1.63. The first-order valence-corrected chi connectivity index (χ1v) is 8.01. The summed E-state index contributed by atoms with van der Waals surface area (Å²) in [4.78, 5) is 0.192. The Morgan fingerprint density at radius 1 is 1.29 bits per heavy atom. The molecule has 0 aromatic carbocycles. The Morgan fingerprint density at radius 3 is 2.48 bits per heavy atom. The Morgan fingerprint density at radius 2 is 1.95 bits per heavy atom. The number of nitrogens with zero attached hydrogens (tertiary/aromatic N) is 2. The Balaban J connectivity index is 2.47. The van der Waals surface area contributed by atoms with Gasteiger partial charge in [-0.25, -0.2) is 8.42 Å². The number of sulfonamides is 1. The van der Waals surface area contributed by atoms with Crippen LogP contribution in [0.5, 0.6) is 0 Å². The van der Waals surface area contributed by atoms with Gasteiger partial charge in [0.1, 0.15) is 16.4 Å². The highest BCUT2D eigenvalue weighted by molar-refractivity contribution is 7.92. The molecule has 0 spiro atoms. The van der Waals surface area contributed by atoms with Crippen LogP contribution in [0.25, 0.3) is 0 Å². The van der Waals surface area contributed by atoms with Crippen molar-refractivity contribution < 1.29 is 12.8 Å². The second kappa shape index (κ2) is 5.53. The molecule has 21 heavy (non-hydrogen) atoms. The number of aromatic nitrogens is 2. The zero-order chi connectivity index (χ0) is 15.8. The molecule has 8 heteroatoms. The van der Waals surface area contributed by atoms with Crippen LogP contribution in [0.2, 0.25) is 0 Å². The minimum Gasteiger partial charge on any atom is -0.465 e. The first-order valence-electron chi connectivity index (χ1n) is 6.52. The maximum Gasteiger partial charge on any atom is 0.265 e. The van der Waals surface area contributed by atoms with Crippen molar-refractivity contribution in [1.29, 1.82) is 0 Å². The summed E-state index contributed by atoms with van der Waals surface area (Å²) >= 11 is 0. The van der Waals surface area contributed by atoms with Crippen LogP contribution in [-0.2, 0) is 23.6 Å². The Bertz CT molecular complexity index is 759. The van der Waals surface area contributed by atoms with Crippen molar-refractivity contribution in [3.05, 3.63) is 29.0 Å². The molecule has 0 aliphatic rings. The van der Waals surface area contributed by atoms with Crippen LogP contribution in [0, 0.1) is 20.8 Å². The Kier molecular flexibility index (Phi) is 4.11. The fourth-order valence-corrected chi connectivity index (χ4v) is 3.89. The molecule has 0 radical (unpaired) electrons. The molecule has 2 aromatic heterocycles. The van der Waals surface area contributed by atoms with Gasteiger partial charge in [-0.1, -0.05) is 0 Å². The van der Waals surface area contributed by atoms with E-state index < -0.39 is 10.0 Å². The van der Waals surface area contributed by atoms with Crippen LogP contribution in [-0.4, -0.2) is 25.2 Å². The molecule has 0 aliphatic carbocycles. The Labute approximate surface area is 124 Å². The summed E-state index contributed by atoms with van der Waals surface area (Å²) < 4.78 is 34.9. The quantitative estimate of drug-likeness (QED) is 0.872. The molecule has 0 unspecified atom stereocenters. The first kappa shape index (κ1) is 15.6. The third-order valence-corrected chi connectivity index (χ3v) is 4.77. The monoisotopic (exact) mass is 312 g/mol. The highest BCUT2D eigenvalue weighted by Gasteiger charge is 2.27. The number of hydrogen-bond donors (Lipinski definition) is 2. The molecule has 0 amide bonds. The number of hydrogen-bond acceptors (Lipinski definition) is 5. The average molecular weight is 312 g/mol. The van der Waals surface area contributed by atoms with E-state index in [1.165, 1.54) is 0 Å². The van der Waals surface area contributed by atoms with E-state index in [-0.39, 0.29) is 4.90 Å². The van der Waals surface area contributed by atoms with Crippen molar-refractivity contribution in [2.75, 3.05) is 11.8 Å².